The van der Waals surface area contributed by atoms with Gasteiger partial charge in [-0.15, -0.1) is 0 Å². The first-order valence-corrected chi connectivity index (χ1v) is 10.6. The predicted molar refractivity (Wildman–Crippen MR) is 116 cm³/mol. The molecule has 0 fully saturated rings. The number of rotatable bonds is 11. The van der Waals surface area contributed by atoms with Gasteiger partial charge in [-0.3, -0.25) is 4.79 Å². The summed E-state index contributed by atoms with van der Waals surface area (Å²) in [5.41, 5.74) is 1.51. The number of ether oxygens (including phenoxy) is 1. The summed E-state index contributed by atoms with van der Waals surface area (Å²) in [6.45, 7) is 10.1. The van der Waals surface area contributed by atoms with Crippen LogP contribution in [0.4, 0.5) is 0 Å². The molecule has 2 N–H and O–H groups in total. The number of aliphatic hydroxyl groups is 2. The number of esters is 1. The molecule has 28 heavy (non-hydrogen) atoms. The van der Waals surface area contributed by atoms with Crippen LogP contribution in [0.1, 0.15) is 84.6 Å². The van der Waals surface area contributed by atoms with E-state index in [-0.39, 0.29) is 12.7 Å². The summed E-state index contributed by atoms with van der Waals surface area (Å²) in [6, 6.07) is 9.13. The number of carbonyl (C=O) groups is 1. The quantitative estimate of drug-likeness (QED) is 0.269. The van der Waals surface area contributed by atoms with Crippen molar-refractivity contribution in [1.82, 2.24) is 0 Å². The van der Waals surface area contributed by atoms with E-state index in [2.05, 4.69) is 27.7 Å². The van der Waals surface area contributed by atoms with Crippen molar-refractivity contribution in [3.63, 3.8) is 0 Å². The van der Waals surface area contributed by atoms with E-state index in [9.17, 15) is 9.90 Å². The summed E-state index contributed by atoms with van der Waals surface area (Å²) in [6.07, 6.45) is 7.49. The molecule has 160 valence electrons. The van der Waals surface area contributed by atoms with Crippen molar-refractivity contribution in [2.45, 2.75) is 85.2 Å². The second kappa shape index (κ2) is 16.2. The van der Waals surface area contributed by atoms with Crippen LogP contribution in [0.25, 0.3) is 0 Å². The number of hydrogen-bond donors (Lipinski definition) is 2. The molecule has 1 aromatic rings. The first-order valence-electron chi connectivity index (χ1n) is 10.6. The van der Waals surface area contributed by atoms with E-state index in [1.165, 1.54) is 25.7 Å². The molecule has 4 heteroatoms. The number of carbonyl (C=O) groups excluding carboxylic acids is 1. The molecule has 1 rings (SSSR count). The highest BCUT2D eigenvalue weighted by Crippen LogP contribution is 2.22. The van der Waals surface area contributed by atoms with Gasteiger partial charge in [0.1, 0.15) is 12.0 Å². The van der Waals surface area contributed by atoms with Crippen LogP contribution in [0.3, 0.4) is 0 Å². The second-order valence-corrected chi connectivity index (χ2v) is 7.72. The third-order valence-corrected chi connectivity index (χ3v) is 4.41. The Bertz CT molecular complexity index is 533. The lowest BCUT2D eigenvalue weighted by atomic mass is 9.98. The van der Waals surface area contributed by atoms with Crippen molar-refractivity contribution in [2.75, 3.05) is 6.61 Å². The van der Waals surface area contributed by atoms with Crippen LogP contribution in [-0.2, 0) is 9.53 Å². The minimum atomic E-state index is -0.672. The Balaban J connectivity index is 0.00000105. The van der Waals surface area contributed by atoms with Crippen molar-refractivity contribution in [2.24, 2.45) is 5.92 Å². The Labute approximate surface area is 171 Å². The summed E-state index contributed by atoms with van der Waals surface area (Å²) in [5, 5.41) is 18.6. The fraction of sp³-hybridized carbons (Fsp3) is 0.625. The summed E-state index contributed by atoms with van der Waals surface area (Å²) in [4.78, 5) is 12.4. The van der Waals surface area contributed by atoms with E-state index < -0.39 is 11.9 Å². The highest BCUT2D eigenvalue weighted by molar-refractivity contribution is 5.78. The summed E-state index contributed by atoms with van der Waals surface area (Å²) < 4.78 is 5.59. The van der Waals surface area contributed by atoms with E-state index in [4.69, 9.17) is 9.84 Å². The Hall–Kier alpha value is -1.81. The van der Waals surface area contributed by atoms with E-state index in [1.54, 1.807) is 19.1 Å². The largest absolute Gasteiger partial charge is 0.516 e. The Morgan fingerprint density at radius 2 is 1.68 bits per heavy atom. The molecule has 0 heterocycles. The predicted octanol–water partition coefficient (Wildman–Crippen LogP) is 6.16. The van der Waals surface area contributed by atoms with Crippen molar-refractivity contribution in [3.05, 3.63) is 47.7 Å². The zero-order chi connectivity index (χ0) is 21.4. The van der Waals surface area contributed by atoms with Crippen LogP contribution in [0.15, 0.2) is 42.2 Å². The molecule has 0 spiro atoms. The Morgan fingerprint density at radius 1 is 1.11 bits per heavy atom. The van der Waals surface area contributed by atoms with Crippen LogP contribution in [-0.4, -0.2) is 28.9 Å². The molecule has 0 saturated heterocycles. The molecule has 0 radical (unpaired) electrons. The van der Waals surface area contributed by atoms with Gasteiger partial charge in [0.2, 0.25) is 0 Å². The molecule has 1 aromatic carbocycles. The maximum Gasteiger partial charge on any atom is 0.316 e. The van der Waals surface area contributed by atoms with Crippen LogP contribution < -0.4 is 0 Å². The normalized spacial score (nSPS) is 13.5. The van der Waals surface area contributed by atoms with Gasteiger partial charge >= 0.3 is 5.97 Å². The highest BCUT2D eigenvalue weighted by Gasteiger charge is 2.25. The van der Waals surface area contributed by atoms with Gasteiger partial charge in [0, 0.05) is 6.42 Å². The fourth-order valence-electron chi connectivity index (χ4n) is 2.86. The smallest absolute Gasteiger partial charge is 0.316 e. The molecule has 2 atom stereocenters. The molecule has 0 bridgehead atoms. The van der Waals surface area contributed by atoms with E-state index in [0.29, 0.717) is 18.8 Å². The molecular formula is C24H40O4. The Morgan fingerprint density at radius 3 is 2.11 bits per heavy atom. The van der Waals surface area contributed by atoms with Crippen LogP contribution in [0.5, 0.6) is 0 Å². The Kier molecular flexibility index (Phi) is 15.1. The summed E-state index contributed by atoms with van der Waals surface area (Å²) in [5.74, 6) is -0.729. The number of benzene rings is 1. The minimum absolute atomic E-state index is 0.286. The monoisotopic (exact) mass is 392 g/mol. The minimum Gasteiger partial charge on any atom is -0.516 e. The summed E-state index contributed by atoms with van der Waals surface area (Å²) in [7, 11) is 0. The van der Waals surface area contributed by atoms with Crippen LogP contribution in [0, 0.1) is 5.92 Å². The van der Waals surface area contributed by atoms with E-state index in [0.717, 1.165) is 17.4 Å². The maximum absolute atomic E-state index is 12.4. The van der Waals surface area contributed by atoms with Crippen molar-refractivity contribution < 1.29 is 19.7 Å². The lowest BCUT2D eigenvalue weighted by molar-refractivity contribution is -0.152. The lowest BCUT2D eigenvalue weighted by Crippen LogP contribution is -2.26. The molecule has 0 amide bonds. The fourth-order valence-corrected chi connectivity index (χ4v) is 2.86. The highest BCUT2D eigenvalue weighted by atomic mass is 16.5. The van der Waals surface area contributed by atoms with Gasteiger partial charge in [0.05, 0.1) is 12.9 Å². The van der Waals surface area contributed by atoms with Crippen molar-refractivity contribution >= 4 is 5.97 Å². The van der Waals surface area contributed by atoms with Crippen molar-refractivity contribution in [1.29, 1.82) is 0 Å². The molecule has 0 aliphatic rings. The molecule has 2 unspecified atom stereocenters. The van der Waals surface area contributed by atoms with Gasteiger partial charge < -0.3 is 14.9 Å². The maximum atomic E-state index is 12.4. The molecule has 0 aliphatic heterocycles. The third kappa shape index (κ3) is 11.8. The molecule has 0 aliphatic carbocycles. The average molecular weight is 393 g/mol. The van der Waals surface area contributed by atoms with E-state index >= 15 is 0 Å². The lowest BCUT2D eigenvalue weighted by Gasteiger charge is -2.23. The summed E-state index contributed by atoms with van der Waals surface area (Å²) >= 11 is 0. The third-order valence-electron chi connectivity index (χ3n) is 4.41. The molecule has 0 saturated carbocycles. The number of hydrogen-bond acceptors (Lipinski definition) is 4. The average Bonchev–Trinajstić information content (AvgIpc) is 2.67. The zero-order valence-electron chi connectivity index (χ0n) is 18.4. The number of aliphatic hydroxyl groups excluding tert-OH is 2. The van der Waals surface area contributed by atoms with Gasteiger partial charge in [-0.2, -0.15) is 0 Å². The standard InChI is InChI=1S/C18H26O4.C6H14/c1-13(2)9-16(10-14(3)11-19)22-18(21)17(12-20)15-7-5-4-6-8-15;1-3-5-6-4-2/h4-8,11,13,16-17,19-20H,9-10,12H2,1-3H3;3-6H2,1-2H3/b14-11+;. The molecule has 4 nitrogen and oxygen atoms in total. The molecular weight excluding hydrogens is 352 g/mol. The van der Waals surface area contributed by atoms with Crippen molar-refractivity contribution in [3.8, 4) is 0 Å². The van der Waals surface area contributed by atoms with Crippen LogP contribution >= 0.6 is 0 Å². The van der Waals surface area contributed by atoms with Crippen LogP contribution in [0.2, 0.25) is 0 Å². The topological polar surface area (TPSA) is 66.8 Å². The van der Waals surface area contributed by atoms with E-state index in [1.807, 2.05) is 18.2 Å². The van der Waals surface area contributed by atoms with Gasteiger partial charge in [-0.1, -0.05) is 83.7 Å². The SMILES string of the molecule is C/C(=C\O)CC(CC(C)C)OC(=O)C(CO)c1ccccc1.CCCCCC. The van der Waals surface area contributed by atoms with Gasteiger partial charge in [-0.25, -0.2) is 0 Å². The number of unbranched alkanes of at least 4 members (excludes halogenated alkanes) is 3. The first-order chi connectivity index (χ1) is 13.4. The molecule has 0 aromatic heterocycles. The van der Waals surface area contributed by atoms with Gasteiger partial charge in [-0.05, 0) is 30.4 Å². The zero-order valence-corrected chi connectivity index (χ0v) is 18.4. The first kappa shape index (κ1) is 26.2. The van der Waals surface area contributed by atoms with Gasteiger partial charge in [0.15, 0.2) is 0 Å². The second-order valence-electron chi connectivity index (χ2n) is 7.72. The van der Waals surface area contributed by atoms with Gasteiger partial charge in [0.25, 0.3) is 0 Å².